The largest absolute Gasteiger partial charge is 0.322 e. The molecule has 1 amide bonds. The molecule has 0 spiro atoms. The lowest BCUT2D eigenvalue weighted by Gasteiger charge is -2.08. The normalized spacial score (nSPS) is 11.0. The Kier molecular flexibility index (Phi) is 3.44. The van der Waals surface area contributed by atoms with Gasteiger partial charge in [0.25, 0.3) is 5.91 Å². The molecule has 0 saturated carbocycles. The number of benzene rings is 2. The van der Waals surface area contributed by atoms with E-state index >= 15 is 0 Å². The van der Waals surface area contributed by atoms with Crippen LogP contribution in [0.25, 0.3) is 10.9 Å². The molecule has 3 aromatic rings. The number of amides is 1. The average Bonchev–Trinajstić information content (AvgIpc) is 2.95. The van der Waals surface area contributed by atoms with Gasteiger partial charge in [-0.3, -0.25) is 9.89 Å². The minimum atomic E-state index is -0.115. The highest BCUT2D eigenvalue weighted by Crippen LogP contribution is 2.18. The summed E-state index contributed by atoms with van der Waals surface area (Å²) in [6.07, 6.45) is 1.71. The molecular weight excluding hydrogens is 262 g/mol. The molecule has 0 radical (unpaired) electrons. The topological polar surface area (TPSA) is 57.8 Å². The van der Waals surface area contributed by atoms with Crippen LogP contribution in [0.15, 0.2) is 48.7 Å². The molecule has 0 aliphatic carbocycles. The SMILES string of the molecule is CC(C)c1ccc(NC(=O)c2ccc3[nH]ncc3c2)cc1. The van der Waals surface area contributed by atoms with Gasteiger partial charge in [0, 0.05) is 16.6 Å². The maximum absolute atomic E-state index is 12.3. The Morgan fingerprint density at radius 3 is 2.62 bits per heavy atom. The van der Waals surface area contributed by atoms with Crippen LogP contribution in [0, 0.1) is 0 Å². The summed E-state index contributed by atoms with van der Waals surface area (Å²) in [6.45, 7) is 4.29. The lowest BCUT2D eigenvalue weighted by Crippen LogP contribution is -2.11. The zero-order valence-corrected chi connectivity index (χ0v) is 12.1. The standard InChI is InChI=1S/C17H17N3O/c1-11(2)12-3-6-15(7-4-12)19-17(21)13-5-8-16-14(9-13)10-18-20-16/h3-11H,1-2H3,(H,18,20)(H,19,21). The number of nitrogens with zero attached hydrogens (tertiary/aromatic N) is 1. The van der Waals surface area contributed by atoms with Crippen LogP contribution < -0.4 is 5.32 Å². The van der Waals surface area contributed by atoms with Crippen LogP contribution in [-0.4, -0.2) is 16.1 Å². The van der Waals surface area contributed by atoms with E-state index in [2.05, 4.69) is 29.4 Å². The van der Waals surface area contributed by atoms with Crippen LogP contribution in [0.3, 0.4) is 0 Å². The molecule has 4 nitrogen and oxygen atoms in total. The summed E-state index contributed by atoms with van der Waals surface area (Å²) in [6, 6.07) is 13.4. The van der Waals surface area contributed by atoms with Crippen molar-refractivity contribution in [3.8, 4) is 0 Å². The fourth-order valence-corrected chi connectivity index (χ4v) is 2.24. The fourth-order valence-electron chi connectivity index (χ4n) is 2.24. The Balaban J connectivity index is 1.78. The minimum Gasteiger partial charge on any atom is -0.322 e. The smallest absolute Gasteiger partial charge is 0.255 e. The summed E-state index contributed by atoms with van der Waals surface area (Å²) in [4.78, 5) is 12.3. The van der Waals surface area contributed by atoms with Gasteiger partial charge in [0.05, 0.1) is 11.7 Å². The van der Waals surface area contributed by atoms with Crippen molar-refractivity contribution in [2.45, 2.75) is 19.8 Å². The van der Waals surface area contributed by atoms with Gasteiger partial charge >= 0.3 is 0 Å². The number of anilines is 1. The first-order valence-corrected chi connectivity index (χ1v) is 6.98. The first-order valence-electron chi connectivity index (χ1n) is 6.98. The summed E-state index contributed by atoms with van der Waals surface area (Å²) in [5, 5.41) is 10.7. The predicted molar refractivity (Wildman–Crippen MR) is 84.6 cm³/mol. The number of fused-ring (bicyclic) bond motifs is 1. The first kappa shape index (κ1) is 13.4. The van der Waals surface area contributed by atoms with Crippen molar-refractivity contribution >= 4 is 22.5 Å². The third-order valence-electron chi connectivity index (χ3n) is 3.54. The summed E-state index contributed by atoms with van der Waals surface area (Å²) >= 11 is 0. The number of H-pyrrole nitrogens is 1. The molecule has 0 fully saturated rings. The Morgan fingerprint density at radius 1 is 1.14 bits per heavy atom. The van der Waals surface area contributed by atoms with Gasteiger partial charge in [-0.1, -0.05) is 26.0 Å². The number of carbonyl (C=O) groups excluding carboxylic acids is 1. The van der Waals surface area contributed by atoms with E-state index in [0.29, 0.717) is 11.5 Å². The molecule has 106 valence electrons. The number of aromatic amines is 1. The van der Waals surface area contributed by atoms with E-state index in [0.717, 1.165) is 16.6 Å². The third kappa shape index (κ3) is 2.79. The Hall–Kier alpha value is -2.62. The van der Waals surface area contributed by atoms with E-state index in [4.69, 9.17) is 0 Å². The van der Waals surface area contributed by atoms with Crippen molar-refractivity contribution in [1.29, 1.82) is 0 Å². The highest BCUT2D eigenvalue weighted by Gasteiger charge is 2.08. The number of rotatable bonds is 3. The van der Waals surface area contributed by atoms with E-state index in [9.17, 15) is 4.79 Å². The average molecular weight is 279 g/mol. The highest BCUT2D eigenvalue weighted by atomic mass is 16.1. The molecule has 0 aliphatic heterocycles. The summed E-state index contributed by atoms with van der Waals surface area (Å²) in [5.74, 6) is 0.369. The summed E-state index contributed by atoms with van der Waals surface area (Å²) in [7, 11) is 0. The van der Waals surface area contributed by atoms with E-state index < -0.39 is 0 Å². The van der Waals surface area contributed by atoms with Gasteiger partial charge in [0.2, 0.25) is 0 Å². The monoisotopic (exact) mass is 279 g/mol. The zero-order valence-electron chi connectivity index (χ0n) is 12.1. The highest BCUT2D eigenvalue weighted by molar-refractivity contribution is 6.06. The Morgan fingerprint density at radius 2 is 1.90 bits per heavy atom. The molecule has 1 aromatic heterocycles. The van der Waals surface area contributed by atoms with E-state index in [1.54, 1.807) is 12.3 Å². The first-order chi connectivity index (χ1) is 10.1. The lowest BCUT2D eigenvalue weighted by molar-refractivity contribution is 0.102. The number of hydrogen-bond donors (Lipinski definition) is 2. The fraction of sp³-hybridized carbons (Fsp3) is 0.176. The molecule has 21 heavy (non-hydrogen) atoms. The van der Waals surface area contributed by atoms with Crippen molar-refractivity contribution in [2.75, 3.05) is 5.32 Å². The third-order valence-corrected chi connectivity index (χ3v) is 3.54. The van der Waals surface area contributed by atoms with Gasteiger partial charge < -0.3 is 5.32 Å². The molecular formula is C17H17N3O. The number of nitrogens with one attached hydrogen (secondary N) is 2. The van der Waals surface area contributed by atoms with Gasteiger partial charge in [0.15, 0.2) is 0 Å². The summed E-state index contributed by atoms with van der Waals surface area (Å²) in [5.41, 5.74) is 3.61. The van der Waals surface area contributed by atoms with Crippen molar-refractivity contribution in [1.82, 2.24) is 10.2 Å². The number of carbonyl (C=O) groups is 1. The van der Waals surface area contributed by atoms with Crippen molar-refractivity contribution in [2.24, 2.45) is 0 Å². The second kappa shape index (κ2) is 5.40. The number of aromatic nitrogens is 2. The summed E-state index contributed by atoms with van der Waals surface area (Å²) < 4.78 is 0. The van der Waals surface area contributed by atoms with Crippen molar-refractivity contribution < 1.29 is 4.79 Å². The van der Waals surface area contributed by atoms with Crippen LogP contribution in [-0.2, 0) is 0 Å². The quantitative estimate of drug-likeness (QED) is 0.763. The molecule has 0 bridgehead atoms. The van der Waals surface area contributed by atoms with Gasteiger partial charge in [-0.05, 0) is 41.8 Å². The van der Waals surface area contributed by atoms with Gasteiger partial charge in [-0.15, -0.1) is 0 Å². The second-order valence-electron chi connectivity index (χ2n) is 5.40. The molecule has 0 unspecified atom stereocenters. The van der Waals surface area contributed by atoms with Crippen LogP contribution in [0.2, 0.25) is 0 Å². The second-order valence-corrected chi connectivity index (χ2v) is 5.40. The maximum atomic E-state index is 12.3. The molecule has 3 rings (SSSR count). The van der Waals surface area contributed by atoms with Gasteiger partial charge in [-0.2, -0.15) is 5.10 Å². The van der Waals surface area contributed by atoms with Crippen molar-refractivity contribution in [3.63, 3.8) is 0 Å². The van der Waals surface area contributed by atoms with E-state index in [1.165, 1.54) is 5.56 Å². The molecule has 4 heteroatoms. The molecule has 2 N–H and O–H groups in total. The van der Waals surface area contributed by atoms with Gasteiger partial charge in [0.1, 0.15) is 0 Å². The van der Waals surface area contributed by atoms with Crippen LogP contribution in [0.1, 0.15) is 35.7 Å². The maximum Gasteiger partial charge on any atom is 0.255 e. The van der Waals surface area contributed by atoms with E-state index in [-0.39, 0.29) is 5.91 Å². The van der Waals surface area contributed by atoms with Crippen LogP contribution >= 0.6 is 0 Å². The molecule has 2 aromatic carbocycles. The Labute approximate surface area is 123 Å². The van der Waals surface area contributed by atoms with Crippen molar-refractivity contribution in [3.05, 3.63) is 59.8 Å². The molecule has 0 aliphatic rings. The van der Waals surface area contributed by atoms with Crippen LogP contribution in [0.5, 0.6) is 0 Å². The Bertz CT molecular complexity index is 772. The minimum absolute atomic E-state index is 0.115. The predicted octanol–water partition coefficient (Wildman–Crippen LogP) is 3.94. The van der Waals surface area contributed by atoms with Crippen LogP contribution in [0.4, 0.5) is 5.69 Å². The molecule has 0 atom stereocenters. The number of hydrogen-bond acceptors (Lipinski definition) is 2. The molecule has 0 saturated heterocycles. The van der Waals surface area contributed by atoms with Gasteiger partial charge in [-0.25, -0.2) is 0 Å². The van der Waals surface area contributed by atoms with E-state index in [1.807, 2.05) is 36.4 Å². The zero-order chi connectivity index (χ0) is 14.8. The lowest BCUT2D eigenvalue weighted by atomic mass is 10.0. The molecule has 1 heterocycles.